The summed E-state index contributed by atoms with van der Waals surface area (Å²) in [6, 6.07) is 13.7. The second kappa shape index (κ2) is 8.10. The number of carbonyl (C=O) groups is 1. The summed E-state index contributed by atoms with van der Waals surface area (Å²) in [4.78, 5) is 22.5. The molecule has 0 radical (unpaired) electrons. The van der Waals surface area contributed by atoms with Gasteiger partial charge < -0.3 is 10.1 Å². The Kier molecular flexibility index (Phi) is 5.89. The van der Waals surface area contributed by atoms with Crippen molar-refractivity contribution in [2.24, 2.45) is 0 Å². The topological polar surface area (TPSA) is 81.5 Å². The van der Waals surface area contributed by atoms with Crippen molar-refractivity contribution in [1.82, 2.24) is 5.32 Å². The largest absolute Gasteiger partial charge is 0.491 e. The van der Waals surface area contributed by atoms with E-state index in [1.807, 2.05) is 38.1 Å². The molecular formula is C18H20N2O4. The molecule has 2 aromatic carbocycles. The zero-order chi connectivity index (χ0) is 17.5. The third-order valence-corrected chi connectivity index (χ3v) is 3.47. The fraction of sp³-hybridized carbons (Fsp3) is 0.278. The summed E-state index contributed by atoms with van der Waals surface area (Å²) >= 11 is 0. The maximum absolute atomic E-state index is 12.1. The van der Waals surface area contributed by atoms with Gasteiger partial charge in [-0.2, -0.15) is 0 Å². The van der Waals surface area contributed by atoms with Crippen molar-refractivity contribution in [3.05, 3.63) is 69.8 Å². The number of amides is 1. The highest BCUT2D eigenvalue weighted by molar-refractivity contribution is 5.80. The van der Waals surface area contributed by atoms with Crippen molar-refractivity contribution in [2.45, 2.75) is 26.3 Å². The Hall–Kier alpha value is -2.89. The van der Waals surface area contributed by atoms with Crippen LogP contribution in [0.4, 0.5) is 5.69 Å². The van der Waals surface area contributed by atoms with Crippen molar-refractivity contribution >= 4 is 11.6 Å². The van der Waals surface area contributed by atoms with Crippen LogP contribution < -0.4 is 10.1 Å². The molecule has 6 nitrogen and oxygen atoms in total. The van der Waals surface area contributed by atoms with Gasteiger partial charge in [0.1, 0.15) is 12.4 Å². The molecule has 0 fully saturated rings. The maximum Gasteiger partial charge on any atom is 0.273 e. The minimum Gasteiger partial charge on any atom is -0.491 e. The first-order valence-corrected chi connectivity index (χ1v) is 7.67. The standard InChI is InChI=1S/C18H20N2O4/c1-13-7-9-16(10-8-13)24-12-14(2)19-18(21)11-15-5-3-4-6-17(15)20(22)23/h3-10,14H,11-12H2,1-2H3,(H,19,21)/t14-/m0/s1. The summed E-state index contributed by atoms with van der Waals surface area (Å²) in [7, 11) is 0. The first-order chi connectivity index (χ1) is 11.5. The molecule has 0 bridgehead atoms. The van der Waals surface area contributed by atoms with Gasteiger partial charge in [0.15, 0.2) is 0 Å². The van der Waals surface area contributed by atoms with Crippen LogP contribution in [0.5, 0.6) is 5.75 Å². The quantitative estimate of drug-likeness (QED) is 0.625. The number of nitro groups is 1. The van der Waals surface area contributed by atoms with E-state index in [1.54, 1.807) is 18.2 Å². The number of benzene rings is 2. The summed E-state index contributed by atoms with van der Waals surface area (Å²) in [5.41, 5.74) is 1.50. The van der Waals surface area contributed by atoms with Gasteiger partial charge in [0.05, 0.1) is 17.4 Å². The third-order valence-electron chi connectivity index (χ3n) is 3.47. The molecule has 0 aliphatic rings. The summed E-state index contributed by atoms with van der Waals surface area (Å²) in [6.07, 6.45) is -0.0357. The second-order valence-corrected chi connectivity index (χ2v) is 5.66. The van der Waals surface area contributed by atoms with Crippen molar-refractivity contribution in [1.29, 1.82) is 0 Å². The van der Waals surface area contributed by atoms with E-state index in [1.165, 1.54) is 6.07 Å². The average molecular weight is 328 g/mol. The lowest BCUT2D eigenvalue weighted by Crippen LogP contribution is -2.37. The van der Waals surface area contributed by atoms with Gasteiger partial charge in [-0.1, -0.05) is 35.9 Å². The van der Waals surface area contributed by atoms with E-state index in [0.717, 1.165) is 11.3 Å². The predicted octanol–water partition coefficient (Wildman–Crippen LogP) is 3.03. The predicted molar refractivity (Wildman–Crippen MR) is 91.1 cm³/mol. The van der Waals surface area contributed by atoms with Crippen LogP contribution in [0.3, 0.4) is 0 Å². The summed E-state index contributed by atoms with van der Waals surface area (Å²) in [5, 5.41) is 13.8. The molecule has 1 N–H and O–H groups in total. The molecule has 1 atom stereocenters. The fourth-order valence-electron chi connectivity index (χ4n) is 2.23. The van der Waals surface area contributed by atoms with Crippen LogP contribution in [-0.2, 0) is 11.2 Å². The Morgan fingerprint density at radius 2 is 1.88 bits per heavy atom. The molecule has 0 saturated heterocycles. The van der Waals surface area contributed by atoms with Gasteiger partial charge in [0, 0.05) is 11.6 Å². The van der Waals surface area contributed by atoms with Crippen LogP contribution in [0.15, 0.2) is 48.5 Å². The Morgan fingerprint density at radius 1 is 1.21 bits per heavy atom. The van der Waals surface area contributed by atoms with Gasteiger partial charge in [-0.25, -0.2) is 0 Å². The number of para-hydroxylation sites is 1. The lowest BCUT2D eigenvalue weighted by molar-refractivity contribution is -0.385. The second-order valence-electron chi connectivity index (χ2n) is 5.66. The number of carbonyl (C=O) groups excluding carboxylic acids is 1. The number of hydrogen-bond acceptors (Lipinski definition) is 4. The van der Waals surface area contributed by atoms with Crippen molar-refractivity contribution in [3.8, 4) is 5.75 Å². The highest BCUT2D eigenvalue weighted by atomic mass is 16.6. The molecule has 0 aliphatic heterocycles. The first kappa shape index (κ1) is 17.5. The van der Waals surface area contributed by atoms with Gasteiger partial charge in [-0.3, -0.25) is 14.9 Å². The summed E-state index contributed by atoms with van der Waals surface area (Å²) in [5.74, 6) is 0.463. The van der Waals surface area contributed by atoms with Crippen LogP contribution in [0.25, 0.3) is 0 Å². The van der Waals surface area contributed by atoms with Crippen LogP contribution in [0.2, 0.25) is 0 Å². The van der Waals surface area contributed by atoms with Crippen LogP contribution in [0, 0.1) is 17.0 Å². The normalized spacial score (nSPS) is 11.6. The van der Waals surface area contributed by atoms with E-state index in [4.69, 9.17) is 4.74 Å². The molecule has 2 rings (SSSR count). The van der Waals surface area contributed by atoms with Crippen LogP contribution >= 0.6 is 0 Å². The van der Waals surface area contributed by atoms with Crippen molar-refractivity contribution < 1.29 is 14.5 Å². The zero-order valence-electron chi connectivity index (χ0n) is 13.7. The molecule has 0 spiro atoms. The summed E-state index contributed by atoms with van der Waals surface area (Å²) < 4.78 is 5.61. The maximum atomic E-state index is 12.1. The highest BCUT2D eigenvalue weighted by Crippen LogP contribution is 2.18. The highest BCUT2D eigenvalue weighted by Gasteiger charge is 2.16. The number of rotatable bonds is 7. The molecule has 0 saturated carbocycles. The van der Waals surface area contributed by atoms with E-state index in [0.29, 0.717) is 12.2 Å². The summed E-state index contributed by atoms with van der Waals surface area (Å²) in [6.45, 7) is 4.15. The smallest absolute Gasteiger partial charge is 0.273 e. The molecule has 2 aromatic rings. The minimum absolute atomic E-state index is 0.0357. The van der Waals surface area contributed by atoms with Crippen LogP contribution in [0.1, 0.15) is 18.1 Å². The average Bonchev–Trinajstić information content (AvgIpc) is 2.54. The van der Waals surface area contributed by atoms with E-state index in [9.17, 15) is 14.9 Å². The number of ether oxygens (including phenoxy) is 1. The Balaban J connectivity index is 1.85. The molecule has 0 heterocycles. The Bertz CT molecular complexity index is 713. The van der Waals surface area contributed by atoms with E-state index >= 15 is 0 Å². The molecule has 24 heavy (non-hydrogen) atoms. The molecule has 6 heteroatoms. The molecule has 126 valence electrons. The van der Waals surface area contributed by atoms with Gasteiger partial charge >= 0.3 is 0 Å². The number of nitro benzene ring substituents is 1. The van der Waals surface area contributed by atoms with Crippen molar-refractivity contribution in [3.63, 3.8) is 0 Å². The van der Waals surface area contributed by atoms with Crippen LogP contribution in [-0.4, -0.2) is 23.5 Å². The lowest BCUT2D eigenvalue weighted by Gasteiger charge is -2.15. The third kappa shape index (κ3) is 5.08. The minimum atomic E-state index is -0.480. The van der Waals surface area contributed by atoms with Gasteiger partial charge in [-0.05, 0) is 26.0 Å². The molecule has 0 unspecified atom stereocenters. The number of aryl methyl sites for hydroxylation is 1. The van der Waals surface area contributed by atoms with Crippen molar-refractivity contribution in [2.75, 3.05) is 6.61 Å². The number of nitrogens with zero attached hydrogens (tertiary/aromatic N) is 1. The first-order valence-electron chi connectivity index (χ1n) is 7.67. The number of hydrogen-bond donors (Lipinski definition) is 1. The molecule has 1 amide bonds. The monoisotopic (exact) mass is 328 g/mol. The molecule has 0 aromatic heterocycles. The zero-order valence-corrected chi connectivity index (χ0v) is 13.7. The van der Waals surface area contributed by atoms with Gasteiger partial charge in [0.2, 0.25) is 5.91 Å². The van der Waals surface area contributed by atoms with E-state index < -0.39 is 4.92 Å². The van der Waals surface area contributed by atoms with E-state index in [2.05, 4.69) is 5.32 Å². The SMILES string of the molecule is Cc1ccc(OC[C@H](C)NC(=O)Cc2ccccc2[N+](=O)[O-])cc1. The molecular weight excluding hydrogens is 308 g/mol. The fourth-order valence-corrected chi connectivity index (χ4v) is 2.23. The Morgan fingerprint density at radius 3 is 2.54 bits per heavy atom. The van der Waals surface area contributed by atoms with Gasteiger partial charge in [-0.15, -0.1) is 0 Å². The number of nitrogens with one attached hydrogen (secondary N) is 1. The van der Waals surface area contributed by atoms with Gasteiger partial charge in [0.25, 0.3) is 5.69 Å². The van der Waals surface area contributed by atoms with E-state index in [-0.39, 0.29) is 24.1 Å². The Labute approximate surface area is 140 Å². The molecule has 0 aliphatic carbocycles. The lowest BCUT2D eigenvalue weighted by atomic mass is 10.1.